The number of carbonyl (C=O) groups excluding carboxylic acids is 1. The maximum atomic E-state index is 12.7. The van der Waals surface area contributed by atoms with E-state index >= 15 is 0 Å². The van der Waals surface area contributed by atoms with Gasteiger partial charge in [-0.05, 0) is 49.2 Å². The molecule has 0 bridgehead atoms. The van der Waals surface area contributed by atoms with Crippen LogP contribution < -0.4 is 10.1 Å². The molecular formula is C29H25N3O2S. The molecule has 5 nitrogen and oxygen atoms in total. The lowest BCUT2D eigenvalue weighted by atomic mass is 9.99. The van der Waals surface area contributed by atoms with Crippen LogP contribution in [0.15, 0.2) is 83.9 Å². The molecule has 4 aromatic rings. The average molecular weight is 480 g/mol. The van der Waals surface area contributed by atoms with Crippen molar-refractivity contribution < 1.29 is 9.53 Å². The first-order valence-electron chi connectivity index (χ1n) is 11.1. The first-order chi connectivity index (χ1) is 17.0. The van der Waals surface area contributed by atoms with Gasteiger partial charge in [0.25, 0.3) is 0 Å². The fourth-order valence-corrected chi connectivity index (χ4v) is 4.57. The highest BCUT2D eigenvalue weighted by Crippen LogP contribution is 2.35. The number of anilines is 1. The number of hydrogen-bond acceptors (Lipinski definition) is 5. The first-order valence-corrected chi connectivity index (χ1v) is 12.1. The number of rotatable bonds is 7. The number of benzene rings is 3. The second kappa shape index (κ2) is 10.9. The summed E-state index contributed by atoms with van der Waals surface area (Å²) in [6, 6.07) is 27.5. The third kappa shape index (κ3) is 5.71. The Hall–Kier alpha value is -4.08. The van der Waals surface area contributed by atoms with E-state index in [1.807, 2.05) is 92.7 Å². The number of nitrogens with zero attached hydrogens (tertiary/aromatic N) is 2. The van der Waals surface area contributed by atoms with Crippen molar-refractivity contribution in [3.63, 3.8) is 0 Å². The predicted octanol–water partition coefficient (Wildman–Crippen LogP) is 6.64. The number of methoxy groups -OCH3 is 1. The van der Waals surface area contributed by atoms with Crippen LogP contribution >= 0.6 is 11.8 Å². The van der Waals surface area contributed by atoms with Crippen molar-refractivity contribution in [3.8, 4) is 34.2 Å². The summed E-state index contributed by atoms with van der Waals surface area (Å²) in [5.41, 5.74) is 6.70. The summed E-state index contributed by atoms with van der Waals surface area (Å²) in [6.45, 7) is 3.99. The van der Waals surface area contributed by atoms with Crippen LogP contribution in [0.25, 0.3) is 22.4 Å². The van der Waals surface area contributed by atoms with Crippen molar-refractivity contribution in [1.82, 2.24) is 4.98 Å². The molecule has 0 radical (unpaired) electrons. The van der Waals surface area contributed by atoms with E-state index in [0.29, 0.717) is 10.6 Å². The van der Waals surface area contributed by atoms with Crippen LogP contribution in [0.1, 0.15) is 16.7 Å². The summed E-state index contributed by atoms with van der Waals surface area (Å²) >= 11 is 1.26. The van der Waals surface area contributed by atoms with E-state index in [0.717, 1.165) is 44.9 Å². The molecule has 35 heavy (non-hydrogen) atoms. The lowest BCUT2D eigenvalue weighted by molar-refractivity contribution is -0.113. The number of aromatic nitrogens is 1. The molecule has 0 unspecified atom stereocenters. The van der Waals surface area contributed by atoms with Crippen molar-refractivity contribution in [1.29, 1.82) is 5.26 Å². The van der Waals surface area contributed by atoms with E-state index in [1.54, 1.807) is 7.11 Å². The van der Waals surface area contributed by atoms with Crippen LogP contribution in [0.2, 0.25) is 0 Å². The van der Waals surface area contributed by atoms with Gasteiger partial charge in [-0.25, -0.2) is 4.98 Å². The Morgan fingerprint density at radius 3 is 2.40 bits per heavy atom. The van der Waals surface area contributed by atoms with E-state index in [-0.39, 0.29) is 11.7 Å². The van der Waals surface area contributed by atoms with E-state index in [2.05, 4.69) is 11.4 Å². The Balaban J connectivity index is 1.68. The second-order valence-corrected chi connectivity index (χ2v) is 9.06. The molecule has 0 saturated heterocycles. The van der Waals surface area contributed by atoms with Gasteiger partial charge in [-0.1, -0.05) is 71.9 Å². The number of nitriles is 1. The molecule has 0 aliphatic heterocycles. The van der Waals surface area contributed by atoms with E-state index in [9.17, 15) is 10.1 Å². The fraction of sp³-hybridized carbons (Fsp3) is 0.138. The number of hydrogen-bond donors (Lipinski definition) is 1. The SMILES string of the molecule is COc1ccc(-c2cc(-c3ccccc3)nc(SCC(=O)Nc3ccc(C)cc3C)c2C#N)cc1. The van der Waals surface area contributed by atoms with Crippen LogP contribution in [-0.2, 0) is 4.79 Å². The van der Waals surface area contributed by atoms with Crippen molar-refractivity contribution in [2.75, 3.05) is 18.2 Å². The maximum absolute atomic E-state index is 12.7. The van der Waals surface area contributed by atoms with E-state index in [1.165, 1.54) is 11.8 Å². The highest BCUT2D eigenvalue weighted by molar-refractivity contribution is 8.00. The Morgan fingerprint density at radius 1 is 1.00 bits per heavy atom. The lowest BCUT2D eigenvalue weighted by Crippen LogP contribution is -2.15. The molecule has 0 fully saturated rings. The minimum absolute atomic E-state index is 0.134. The number of aryl methyl sites for hydroxylation is 2. The van der Waals surface area contributed by atoms with Crippen LogP contribution in [0.5, 0.6) is 5.75 Å². The quantitative estimate of drug-likeness (QED) is 0.301. The third-order valence-electron chi connectivity index (χ3n) is 5.56. The summed E-state index contributed by atoms with van der Waals surface area (Å²) in [7, 11) is 1.62. The monoisotopic (exact) mass is 479 g/mol. The van der Waals surface area contributed by atoms with Gasteiger partial charge in [0.2, 0.25) is 5.91 Å². The van der Waals surface area contributed by atoms with Crippen LogP contribution in [-0.4, -0.2) is 23.8 Å². The Morgan fingerprint density at radius 2 is 1.74 bits per heavy atom. The van der Waals surface area contributed by atoms with Crippen molar-refractivity contribution in [2.45, 2.75) is 18.9 Å². The van der Waals surface area contributed by atoms with Crippen LogP contribution in [0.4, 0.5) is 5.69 Å². The second-order valence-electron chi connectivity index (χ2n) is 8.10. The zero-order chi connectivity index (χ0) is 24.8. The fourth-order valence-electron chi connectivity index (χ4n) is 3.76. The van der Waals surface area contributed by atoms with E-state index < -0.39 is 0 Å². The van der Waals surface area contributed by atoms with Gasteiger partial charge in [-0.3, -0.25) is 4.79 Å². The Bertz CT molecular complexity index is 1390. The molecule has 174 valence electrons. The number of carbonyl (C=O) groups is 1. The normalized spacial score (nSPS) is 10.5. The van der Waals surface area contributed by atoms with Crippen LogP contribution in [0.3, 0.4) is 0 Å². The minimum Gasteiger partial charge on any atom is -0.497 e. The Kier molecular flexibility index (Phi) is 7.49. The minimum atomic E-state index is -0.149. The molecule has 1 aromatic heterocycles. The molecule has 0 saturated carbocycles. The first kappa shape index (κ1) is 24.1. The third-order valence-corrected chi connectivity index (χ3v) is 6.54. The number of nitrogens with one attached hydrogen (secondary N) is 1. The zero-order valence-corrected chi connectivity index (χ0v) is 20.6. The number of pyridine rings is 1. The number of thioether (sulfide) groups is 1. The molecule has 1 N–H and O–H groups in total. The van der Waals surface area contributed by atoms with Gasteiger partial charge in [0.15, 0.2) is 0 Å². The molecule has 4 rings (SSSR count). The molecule has 3 aromatic carbocycles. The topological polar surface area (TPSA) is 75.0 Å². The largest absolute Gasteiger partial charge is 0.497 e. The zero-order valence-electron chi connectivity index (χ0n) is 19.8. The molecule has 6 heteroatoms. The van der Waals surface area contributed by atoms with Crippen molar-refractivity contribution in [3.05, 3.63) is 95.6 Å². The molecule has 1 heterocycles. The highest BCUT2D eigenvalue weighted by atomic mass is 32.2. The van der Waals surface area contributed by atoms with Gasteiger partial charge in [-0.15, -0.1) is 0 Å². The van der Waals surface area contributed by atoms with Crippen LogP contribution in [0, 0.1) is 25.2 Å². The average Bonchev–Trinajstić information content (AvgIpc) is 2.89. The summed E-state index contributed by atoms with van der Waals surface area (Å²) < 4.78 is 5.28. The lowest BCUT2D eigenvalue weighted by Gasteiger charge is -2.13. The van der Waals surface area contributed by atoms with Gasteiger partial charge in [-0.2, -0.15) is 5.26 Å². The van der Waals surface area contributed by atoms with Gasteiger partial charge in [0.1, 0.15) is 16.8 Å². The molecule has 0 aliphatic rings. The summed E-state index contributed by atoms with van der Waals surface area (Å²) in [4.78, 5) is 17.5. The molecule has 0 atom stereocenters. The van der Waals surface area contributed by atoms with Gasteiger partial charge >= 0.3 is 0 Å². The predicted molar refractivity (Wildman–Crippen MR) is 142 cm³/mol. The Labute approximate surface area is 209 Å². The molecular weight excluding hydrogens is 454 g/mol. The molecule has 1 amide bonds. The molecule has 0 spiro atoms. The molecule has 0 aliphatic carbocycles. The van der Waals surface area contributed by atoms with Crippen molar-refractivity contribution >= 4 is 23.4 Å². The smallest absolute Gasteiger partial charge is 0.234 e. The number of ether oxygens (including phenoxy) is 1. The summed E-state index contributed by atoms with van der Waals surface area (Å²) in [6.07, 6.45) is 0. The van der Waals surface area contributed by atoms with Crippen molar-refractivity contribution in [2.24, 2.45) is 0 Å². The van der Waals surface area contributed by atoms with Gasteiger partial charge in [0.05, 0.1) is 24.1 Å². The standard InChI is InChI=1S/C29H25N3O2S/c1-19-9-14-26(20(2)15-19)31-28(33)18-35-29-25(17-30)24(21-10-12-23(34-3)13-11-21)16-27(32-29)22-7-5-4-6-8-22/h4-16H,18H2,1-3H3,(H,31,33). The summed E-state index contributed by atoms with van der Waals surface area (Å²) in [5, 5.41) is 13.5. The highest BCUT2D eigenvalue weighted by Gasteiger charge is 2.17. The van der Waals surface area contributed by atoms with Gasteiger partial charge in [0, 0.05) is 16.8 Å². The van der Waals surface area contributed by atoms with E-state index in [4.69, 9.17) is 9.72 Å². The maximum Gasteiger partial charge on any atom is 0.234 e. The number of amides is 1. The summed E-state index contributed by atoms with van der Waals surface area (Å²) in [5.74, 6) is 0.723. The van der Waals surface area contributed by atoms with Gasteiger partial charge < -0.3 is 10.1 Å².